The highest BCUT2D eigenvalue weighted by molar-refractivity contribution is 5.90. The first-order valence-corrected chi connectivity index (χ1v) is 5.31. The second-order valence-corrected chi connectivity index (χ2v) is 3.84. The fraction of sp³-hybridized carbons (Fsp3) is 0.455. The van der Waals surface area contributed by atoms with E-state index in [0.717, 1.165) is 17.8 Å². The van der Waals surface area contributed by atoms with Crippen LogP contribution in [0.1, 0.15) is 18.3 Å². The van der Waals surface area contributed by atoms with Gasteiger partial charge in [-0.3, -0.25) is 9.48 Å². The van der Waals surface area contributed by atoms with E-state index in [-0.39, 0.29) is 0 Å². The molecular weight excluding hydrogens is 209 g/mol. The summed E-state index contributed by atoms with van der Waals surface area (Å²) in [4.78, 5) is 12.9. The van der Waals surface area contributed by atoms with Crippen LogP contribution in [0.15, 0.2) is 18.5 Å². The van der Waals surface area contributed by atoms with Gasteiger partial charge in [-0.2, -0.15) is 5.10 Å². The molecule has 1 aromatic heterocycles. The van der Waals surface area contributed by atoms with Crippen molar-refractivity contribution in [2.45, 2.75) is 26.4 Å². The van der Waals surface area contributed by atoms with Gasteiger partial charge in [-0.25, -0.2) is 4.39 Å². The Balaban J connectivity index is 2.17. The first-order valence-electron chi connectivity index (χ1n) is 5.31. The first-order chi connectivity index (χ1) is 7.61. The van der Waals surface area contributed by atoms with E-state index in [2.05, 4.69) is 11.7 Å². The molecule has 4 nitrogen and oxygen atoms in total. The van der Waals surface area contributed by atoms with Crippen molar-refractivity contribution in [3.05, 3.63) is 29.9 Å². The second-order valence-electron chi connectivity index (χ2n) is 3.84. The number of rotatable bonds is 2. The molecule has 0 saturated carbocycles. The third-order valence-electron chi connectivity index (χ3n) is 2.73. The summed E-state index contributed by atoms with van der Waals surface area (Å²) in [5.41, 5.74) is 1.96. The van der Waals surface area contributed by atoms with E-state index < -0.39 is 11.7 Å². The number of fused-ring (bicyclic) bond motifs is 1. The van der Waals surface area contributed by atoms with Crippen LogP contribution in [0.3, 0.4) is 0 Å². The van der Waals surface area contributed by atoms with Gasteiger partial charge in [0.1, 0.15) is 0 Å². The zero-order valence-corrected chi connectivity index (χ0v) is 9.24. The Kier molecular flexibility index (Phi) is 2.77. The molecule has 1 aromatic rings. The molecule has 0 spiro atoms. The van der Waals surface area contributed by atoms with Crippen molar-refractivity contribution < 1.29 is 9.18 Å². The molecule has 0 unspecified atom stereocenters. The summed E-state index contributed by atoms with van der Waals surface area (Å²) < 4.78 is 14.6. The predicted octanol–water partition coefficient (Wildman–Crippen LogP) is 1.27. The van der Waals surface area contributed by atoms with E-state index in [1.807, 2.05) is 17.7 Å². The number of aryl methyl sites for hydroxylation is 1. The molecule has 2 heterocycles. The lowest BCUT2D eigenvalue weighted by molar-refractivity contribution is -0.130. The molecule has 0 atom stereocenters. The topological polar surface area (TPSA) is 38.1 Å². The number of carbonyl (C=O) groups is 1. The Morgan fingerprint density at radius 3 is 3.00 bits per heavy atom. The minimum absolute atomic E-state index is 0.411. The summed E-state index contributed by atoms with van der Waals surface area (Å²) in [6.07, 6.45) is 0.865. The molecule has 0 N–H and O–H groups in total. The largest absolute Gasteiger partial charge is 0.329 e. The van der Waals surface area contributed by atoms with Crippen molar-refractivity contribution in [3.63, 3.8) is 0 Å². The maximum absolute atomic E-state index is 12.7. The summed E-state index contributed by atoms with van der Waals surface area (Å²) in [6.45, 7) is 6.57. The van der Waals surface area contributed by atoms with Crippen LogP contribution in [0.25, 0.3) is 0 Å². The van der Waals surface area contributed by atoms with Gasteiger partial charge < -0.3 is 4.90 Å². The van der Waals surface area contributed by atoms with Crippen LogP contribution in [0, 0.1) is 0 Å². The van der Waals surface area contributed by atoms with Crippen LogP contribution in [-0.2, 0) is 24.3 Å². The molecule has 1 aliphatic rings. The third kappa shape index (κ3) is 1.85. The normalized spacial score (nSPS) is 14.8. The third-order valence-corrected chi connectivity index (χ3v) is 2.73. The quantitative estimate of drug-likeness (QED) is 0.708. The molecule has 0 aliphatic carbocycles. The van der Waals surface area contributed by atoms with Gasteiger partial charge in [0.05, 0.1) is 24.5 Å². The zero-order chi connectivity index (χ0) is 11.7. The summed E-state index contributed by atoms with van der Waals surface area (Å²) in [6, 6.07) is 1.96. The Hall–Kier alpha value is -1.65. The Morgan fingerprint density at radius 1 is 1.62 bits per heavy atom. The number of nitrogens with zero attached hydrogens (tertiary/aromatic N) is 3. The molecule has 86 valence electrons. The van der Waals surface area contributed by atoms with E-state index in [1.165, 1.54) is 4.90 Å². The lowest BCUT2D eigenvalue weighted by Gasteiger charge is -2.26. The van der Waals surface area contributed by atoms with Gasteiger partial charge in [0.15, 0.2) is 5.83 Å². The van der Waals surface area contributed by atoms with Crippen LogP contribution in [0.2, 0.25) is 0 Å². The molecule has 0 bridgehead atoms. The summed E-state index contributed by atoms with van der Waals surface area (Å²) in [7, 11) is 0. The highest BCUT2D eigenvalue weighted by atomic mass is 19.1. The minimum atomic E-state index is -0.899. The van der Waals surface area contributed by atoms with Gasteiger partial charge >= 0.3 is 0 Å². The van der Waals surface area contributed by atoms with Crippen LogP contribution in [-0.4, -0.2) is 27.1 Å². The van der Waals surface area contributed by atoms with Crippen molar-refractivity contribution in [2.24, 2.45) is 0 Å². The van der Waals surface area contributed by atoms with Crippen molar-refractivity contribution in [1.29, 1.82) is 0 Å². The Labute approximate surface area is 93.3 Å². The van der Waals surface area contributed by atoms with Gasteiger partial charge in [0, 0.05) is 6.54 Å². The van der Waals surface area contributed by atoms with Crippen molar-refractivity contribution in [1.82, 2.24) is 14.7 Å². The smallest absolute Gasteiger partial charge is 0.282 e. The van der Waals surface area contributed by atoms with Crippen LogP contribution in [0.5, 0.6) is 0 Å². The maximum Gasteiger partial charge on any atom is 0.282 e. The van der Waals surface area contributed by atoms with Crippen molar-refractivity contribution in [3.8, 4) is 0 Å². The van der Waals surface area contributed by atoms with E-state index in [9.17, 15) is 9.18 Å². The fourth-order valence-corrected chi connectivity index (χ4v) is 1.84. The molecule has 2 rings (SSSR count). The van der Waals surface area contributed by atoms with Gasteiger partial charge in [0.25, 0.3) is 5.91 Å². The molecule has 0 fully saturated rings. The highest BCUT2D eigenvalue weighted by Crippen LogP contribution is 2.15. The molecule has 0 aromatic carbocycles. The minimum Gasteiger partial charge on any atom is -0.329 e. The van der Waals surface area contributed by atoms with Crippen LogP contribution in [0.4, 0.5) is 4.39 Å². The van der Waals surface area contributed by atoms with Gasteiger partial charge in [-0.15, -0.1) is 0 Å². The molecule has 0 radical (unpaired) electrons. The number of hydrogen-bond acceptors (Lipinski definition) is 2. The number of amides is 1. The van der Waals surface area contributed by atoms with Crippen molar-refractivity contribution >= 4 is 5.91 Å². The van der Waals surface area contributed by atoms with Crippen molar-refractivity contribution in [2.75, 3.05) is 6.54 Å². The van der Waals surface area contributed by atoms with E-state index in [1.54, 1.807) is 0 Å². The summed E-state index contributed by atoms with van der Waals surface area (Å²) in [5.74, 6) is -1.52. The fourth-order valence-electron chi connectivity index (χ4n) is 1.84. The Morgan fingerprint density at radius 2 is 2.38 bits per heavy atom. The average Bonchev–Trinajstić information content (AvgIpc) is 2.69. The molecule has 1 aliphatic heterocycles. The number of aromatic nitrogens is 2. The zero-order valence-electron chi connectivity index (χ0n) is 9.24. The molecule has 16 heavy (non-hydrogen) atoms. The first kappa shape index (κ1) is 10.9. The maximum atomic E-state index is 12.7. The van der Waals surface area contributed by atoms with Crippen LogP contribution >= 0.6 is 0 Å². The second kappa shape index (κ2) is 4.08. The monoisotopic (exact) mass is 223 g/mol. The van der Waals surface area contributed by atoms with Gasteiger partial charge in [-0.1, -0.05) is 13.5 Å². The van der Waals surface area contributed by atoms with Gasteiger partial charge in [-0.05, 0) is 12.5 Å². The van der Waals surface area contributed by atoms with E-state index in [0.29, 0.717) is 19.6 Å². The van der Waals surface area contributed by atoms with Crippen LogP contribution < -0.4 is 0 Å². The lowest BCUT2D eigenvalue weighted by Crippen LogP contribution is -2.38. The predicted molar refractivity (Wildman–Crippen MR) is 57.3 cm³/mol. The molecular formula is C11H14FN3O. The highest BCUT2D eigenvalue weighted by Gasteiger charge is 2.23. The number of halogens is 1. The molecule has 0 saturated heterocycles. The van der Waals surface area contributed by atoms with Gasteiger partial charge in [0.2, 0.25) is 0 Å². The molecule has 5 heteroatoms. The average molecular weight is 223 g/mol. The number of carbonyl (C=O) groups excluding carboxylic acids is 1. The SMILES string of the molecule is C=C(F)C(=O)N1CCn2nc(CC)cc2C1. The van der Waals surface area contributed by atoms with E-state index >= 15 is 0 Å². The number of hydrogen-bond donors (Lipinski definition) is 0. The molecule has 1 amide bonds. The lowest BCUT2D eigenvalue weighted by atomic mass is 10.2. The summed E-state index contributed by atoms with van der Waals surface area (Å²) >= 11 is 0. The summed E-state index contributed by atoms with van der Waals surface area (Å²) in [5, 5.41) is 4.37. The standard InChI is InChI=1S/C11H14FN3O/c1-3-9-6-10-7-14(11(16)8(2)12)4-5-15(10)13-9/h6H,2-5,7H2,1H3. The Bertz CT molecular complexity index is 438. The van der Waals surface area contributed by atoms with E-state index in [4.69, 9.17) is 0 Å².